The summed E-state index contributed by atoms with van der Waals surface area (Å²) in [6, 6.07) is 1.52. The van der Waals surface area contributed by atoms with Gasteiger partial charge in [0.05, 0.1) is 0 Å². The lowest BCUT2D eigenvalue weighted by molar-refractivity contribution is 0.0831. The van der Waals surface area contributed by atoms with Crippen molar-refractivity contribution in [2.45, 2.75) is 79.3 Å². The highest BCUT2D eigenvalue weighted by molar-refractivity contribution is 5.04. The van der Waals surface area contributed by atoms with Crippen molar-refractivity contribution in [1.82, 2.24) is 5.32 Å². The highest BCUT2D eigenvalue weighted by atomic mass is 15.0. The molecular weight excluding hydrogens is 194 g/mol. The SMILES string of the molecule is CC1(C)CC(NC2CC2(C)C)CC(C)(C)C1. The van der Waals surface area contributed by atoms with Gasteiger partial charge in [0, 0.05) is 12.1 Å². The first-order valence-corrected chi connectivity index (χ1v) is 6.86. The van der Waals surface area contributed by atoms with E-state index in [4.69, 9.17) is 0 Å². The first kappa shape index (κ1) is 12.4. The van der Waals surface area contributed by atoms with Gasteiger partial charge in [-0.25, -0.2) is 0 Å². The molecule has 0 aliphatic heterocycles. The Morgan fingerprint density at radius 3 is 1.62 bits per heavy atom. The molecular formula is C15H29N. The standard InChI is InChI=1S/C15H29N/c1-13(2)7-11(8-14(3,4)10-13)16-12-9-15(12,5)6/h11-12,16H,7-10H2,1-6H3. The highest BCUT2D eigenvalue weighted by Gasteiger charge is 2.48. The zero-order valence-corrected chi connectivity index (χ0v) is 12.0. The summed E-state index contributed by atoms with van der Waals surface area (Å²) in [5.74, 6) is 0. The van der Waals surface area contributed by atoms with E-state index in [-0.39, 0.29) is 0 Å². The third-order valence-corrected chi connectivity index (χ3v) is 4.51. The fourth-order valence-corrected chi connectivity index (χ4v) is 4.00. The zero-order chi connectivity index (χ0) is 12.2. The van der Waals surface area contributed by atoms with E-state index in [2.05, 4.69) is 46.9 Å². The van der Waals surface area contributed by atoms with Gasteiger partial charge in [-0.15, -0.1) is 0 Å². The van der Waals surface area contributed by atoms with Crippen LogP contribution in [0.4, 0.5) is 0 Å². The summed E-state index contributed by atoms with van der Waals surface area (Å²) in [7, 11) is 0. The van der Waals surface area contributed by atoms with E-state index >= 15 is 0 Å². The van der Waals surface area contributed by atoms with Crippen LogP contribution in [0.25, 0.3) is 0 Å². The largest absolute Gasteiger partial charge is 0.311 e. The molecule has 0 spiro atoms. The lowest BCUT2D eigenvalue weighted by atomic mass is 9.63. The second-order valence-electron chi connectivity index (χ2n) is 8.52. The lowest BCUT2D eigenvalue weighted by Crippen LogP contribution is -2.45. The Morgan fingerprint density at radius 1 is 0.812 bits per heavy atom. The molecule has 0 radical (unpaired) electrons. The fourth-order valence-electron chi connectivity index (χ4n) is 4.00. The first-order valence-electron chi connectivity index (χ1n) is 6.86. The molecule has 1 unspecified atom stereocenters. The second-order valence-corrected chi connectivity index (χ2v) is 8.52. The molecule has 1 atom stereocenters. The van der Waals surface area contributed by atoms with Crippen LogP contribution in [-0.4, -0.2) is 12.1 Å². The maximum atomic E-state index is 3.89. The number of hydrogen-bond donors (Lipinski definition) is 1. The van der Waals surface area contributed by atoms with Crippen LogP contribution < -0.4 is 5.32 Å². The molecule has 16 heavy (non-hydrogen) atoms. The quantitative estimate of drug-likeness (QED) is 0.746. The van der Waals surface area contributed by atoms with E-state index in [1.165, 1.54) is 25.7 Å². The van der Waals surface area contributed by atoms with Crippen molar-refractivity contribution in [1.29, 1.82) is 0 Å². The van der Waals surface area contributed by atoms with E-state index in [0.717, 1.165) is 12.1 Å². The predicted octanol–water partition coefficient (Wildman–Crippen LogP) is 3.98. The van der Waals surface area contributed by atoms with Crippen molar-refractivity contribution in [3.8, 4) is 0 Å². The number of hydrogen-bond acceptors (Lipinski definition) is 1. The molecule has 0 aromatic carbocycles. The summed E-state index contributed by atoms with van der Waals surface area (Å²) in [5.41, 5.74) is 1.59. The van der Waals surface area contributed by atoms with E-state index < -0.39 is 0 Å². The van der Waals surface area contributed by atoms with Crippen LogP contribution in [0.3, 0.4) is 0 Å². The molecule has 1 heteroatoms. The molecule has 1 nitrogen and oxygen atoms in total. The lowest BCUT2D eigenvalue weighted by Gasteiger charge is -2.45. The Bertz CT molecular complexity index is 259. The number of rotatable bonds is 2. The monoisotopic (exact) mass is 223 g/mol. The van der Waals surface area contributed by atoms with Crippen molar-refractivity contribution in [3.63, 3.8) is 0 Å². The third-order valence-electron chi connectivity index (χ3n) is 4.51. The van der Waals surface area contributed by atoms with Gasteiger partial charge in [-0.05, 0) is 41.9 Å². The zero-order valence-electron chi connectivity index (χ0n) is 12.0. The average Bonchev–Trinajstić information content (AvgIpc) is 2.49. The van der Waals surface area contributed by atoms with Crippen LogP contribution in [0.2, 0.25) is 0 Å². The van der Waals surface area contributed by atoms with E-state index in [9.17, 15) is 0 Å². The molecule has 0 amide bonds. The molecule has 0 bridgehead atoms. The van der Waals surface area contributed by atoms with Crippen molar-refractivity contribution < 1.29 is 0 Å². The van der Waals surface area contributed by atoms with Crippen molar-refractivity contribution in [3.05, 3.63) is 0 Å². The van der Waals surface area contributed by atoms with Gasteiger partial charge in [-0.2, -0.15) is 0 Å². The van der Waals surface area contributed by atoms with Crippen molar-refractivity contribution in [2.75, 3.05) is 0 Å². The third kappa shape index (κ3) is 2.80. The van der Waals surface area contributed by atoms with Gasteiger partial charge in [0.2, 0.25) is 0 Å². The summed E-state index contributed by atoms with van der Waals surface area (Å²) in [6.07, 6.45) is 5.43. The smallest absolute Gasteiger partial charge is 0.0127 e. The first-order chi connectivity index (χ1) is 7.10. The van der Waals surface area contributed by atoms with Crippen LogP contribution in [0.5, 0.6) is 0 Å². The highest BCUT2D eigenvalue weighted by Crippen LogP contribution is 2.49. The summed E-state index contributed by atoms with van der Waals surface area (Å²) >= 11 is 0. The van der Waals surface area contributed by atoms with Gasteiger partial charge >= 0.3 is 0 Å². The van der Waals surface area contributed by atoms with Gasteiger partial charge in [0.15, 0.2) is 0 Å². The van der Waals surface area contributed by atoms with Gasteiger partial charge in [0.1, 0.15) is 0 Å². The van der Waals surface area contributed by atoms with E-state index in [0.29, 0.717) is 16.2 Å². The van der Waals surface area contributed by atoms with Crippen LogP contribution in [0, 0.1) is 16.2 Å². The van der Waals surface area contributed by atoms with Crippen LogP contribution >= 0.6 is 0 Å². The van der Waals surface area contributed by atoms with E-state index in [1.807, 2.05) is 0 Å². The molecule has 0 aromatic rings. The Balaban J connectivity index is 1.95. The minimum atomic E-state index is 0.512. The second kappa shape index (κ2) is 3.48. The molecule has 2 aliphatic carbocycles. The Hall–Kier alpha value is -0.0400. The molecule has 1 N–H and O–H groups in total. The Labute approximate surface area is 101 Å². The van der Waals surface area contributed by atoms with Crippen LogP contribution in [0.1, 0.15) is 67.2 Å². The van der Waals surface area contributed by atoms with Gasteiger partial charge < -0.3 is 5.32 Å². The topological polar surface area (TPSA) is 12.0 Å². The van der Waals surface area contributed by atoms with Crippen molar-refractivity contribution in [2.24, 2.45) is 16.2 Å². The van der Waals surface area contributed by atoms with Crippen LogP contribution in [0.15, 0.2) is 0 Å². The Morgan fingerprint density at radius 2 is 1.25 bits per heavy atom. The summed E-state index contributed by atoms with van der Waals surface area (Å²) in [6.45, 7) is 14.5. The molecule has 0 aromatic heterocycles. The molecule has 2 saturated carbocycles. The van der Waals surface area contributed by atoms with Gasteiger partial charge in [-0.1, -0.05) is 41.5 Å². The summed E-state index contributed by atoms with van der Waals surface area (Å²) < 4.78 is 0. The van der Waals surface area contributed by atoms with E-state index in [1.54, 1.807) is 0 Å². The van der Waals surface area contributed by atoms with Crippen LogP contribution in [-0.2, 0) is 0 Å². The number of nitrogens with one attached hydrogen (secondary N) is 1. The van der Waals surface area contributed by atoms with Gasteiger partial charge in [0.25, 0.3) is 0 Å². The Kier molecular flexibility index (Phi) is 2.70. The molecule has 94 valence electrons. The van der Waals surface area contributed by atoms with Crippen molar-refractivity contribution >= 4 is 0 Å². The summed E-state index contributed by atoms with van der Waals surface area (Å²) in [4.78, 5) is 0. The predicted molar refractivity (Wildman–Crippen MR) is 70.5 cm³/mol. The molecule has 0 saturated heterocycles. The normalized spacial score (nSPS) is 36.0. The molecule has 2 rings (SSSR count). The minimum Gasteiger partial charge on any atom is -0.311 e. The molecule has 0 heterocycles. The fraction of sp³-hybridized carbons (Fsp3) is 1.00. The molecule has 2 fully saturated rings. The minimum absolute atomic E-state index is 0.512. The maximum absolute atomic E-state index is 3.89. The maximum Gasteiger partial charge on any atom is 0.0127 e. The molecule has 2 aliphatic rings. The average molecular weight is 223 g/mol. The van der Waals surface area contributed by atoms with Gasteiger partial charge in [-0.3, -0.25) is 0 Å². The summed E-state index contributed by atoms with van der Waals surface area (Å²) in [5, 5.41) is 3.89.